The average molecular weight is 471 g/mol. The van der Waals surface area contributed by atoms with Gasteiger partial charge in [0.25, 0.3) is 5.91 Å². The molecular formula is C25H24ClFN2O4. The number of methoxy groups -OCH3 is 1. The number of benzene rings is 2. The number of aromatic amines is 1. The summed E-state index contributed by atoms with van der Waals surface area (Å²) >= 11 is 5.95. The van der Waals surface area contributed by atoms with Crippen molar-refractivity contribution in [3.63, 3.8) is 0 Å². The van der Waals surface area contributed by atoms with Crippen molar-refractivity contribution in [2.24, 2.45) is 0 Å². The van der Waals surface area contributed by atoms with E-state index in [9.17, 15) is 18.8 Å². The summed E-state index contributed by atoms with van der Waals surface area (Å²) in [4.78, 5) is 43.3. The van der Waals surface area contributed by atoms with Gasteiger partial charge in [-0.05, 0) is 68.3 Å². The summed E-state index contributed by atoms with van der Waals surface area (Å²) in [6.07, 6.45) is 0. The van der Waals surface area contributed by atoms with Gasteiger partial charge in [0.15, 0.2) is 5.78 Å². The molecule has 3 rings (SSSR count). The van der Waals surface area contributed by atoms with Crippen molar-refractivity contribution in [1.29, 1.82) is 0 Å². The minimum atomic E-state index is -0.878. The fraction of sp³-hybridized carbons (Fsp3) is 0.240. The Morgan fingerprint density at radius 1 is 1.06 bits per heavy atom. The fourth-order valence-electron chi connectivity index (χ4n) is 3.71. The minimum Gasteiger partial charge on any atom is -0.464 e. The van der Waals surface area contributed by atoms with Crippen molar-refractivity contribution in [2.75, 3.05) is 7.11 Å². The van der Waals surface area contributed by atoms with Gasteiger partial charge in [-0.15, -0.1) is 0 Å². The van der Waals surface area contributed by atoms with Gasteiger partial charge in [-0.1, -0.05) is 23.7 Å². The number of ether oxygens (including phenoxy) is 1. The number of Topliss-reactive ketones (excluding diaryl/α,β-unsaturated/α-hetero) is 1. The number of nitrogens with one attached hydrogen (secondary N) is 1. The molecule has 0 aliphatic heterocycles. The zero-order chi connectivity index (χ0) is 24.3. The molecule has 0 aliphatic rings. The summed E-state index contributed by atoms with van der Waals surface area (Å²) in [5, 5.41) is 0.481. The molecule has 3 aromatic rings. The molecule has 0 aliphatic carbocycles. The zero-order valence-electron chi connectivity index (χ0n) is 18.7. The molecule has 1 atom stereocenters. The number of carbonyl (C=O) groups excluding carboxylic acids is 3. The van der Waals surface area contributed by atoms with Crippen molar-refractivity contribution in [2.45, 2.75) is 33.4 Å². The van der Waals surface area contributed by atoms with Gasteiger partial charge in [0.2, 0.25) is 0 Å². The van der Waals surface area contributed by atoms with E-state index in [1.54, 1.807) is 57.2 Å². The molecule has 1 amide bonds. The predicted octanol–water partition coefficient (Wildman–Crippen LogP) is 5.12. The largest absolute Gasteiger partial charge is 0.464 e. The molecule has 1 heterocycles. The molecule has 0 spiro atoms. The third-order valence-corrected chi connectivity index (χ3v) is 5.79. The lowest BCUT2D eigenvalue weighted by atomic mass is 9.98. The number of hydrogen-bond donors (Lipinski definition) is 1. The number of H-pyrrole nitrogens is 1. The lowest BCUT2D eigenvalue weighted by Gasteiger charge is -2.29. The van der Waals surface area contributed by atoms with Crippen LogP contribution in [0.15, 0.2) is 48.5 Å². The highest BCUT2D eigenvalue weighted by Gasteiger charge is 2.31. The van der Waals surface area contributed by atoms with Crippen LogP contribution in [0.3, 0.4) is 0 Å². The van der Waals surface area contributed by atoms with Gasteiger partial charge < -0.3 is 14.6 Å². The number of carbonyl (C=O) groups is 3. The van der Waals surface area contributed by atoms with Crippen LogP contribution in [0.2, 0.25) is 5.02 Å². The molecule has 6 nitrogen and oxygen atoms in total. The summed E-state index contributed by atoms with van der Waals surface area (Å²) in [6.45, 7) is 5.05. The minimum absolute atomic E-state index is 0.0843. The SMILES string of the molecule is COC(=O)c1[nH]c(C)c(C(=O)C(C)N(Cc2ccc(F)cc2)C(=O)c2ccc(Cl)cc2)c1C. The van der Waals surface area contributed by atoms with E-state index in [1.807, 2.05) is 0 Å². The van der Waals surface area contributed by atoms with E-state index >= 15 is 0 Å². The zero-order valence-corrected chi connectivity index (χ0v) is 19.5. The molecule has 0 fully saturated rings. The quantitative estimate of drug-likeness (QED) is 0.383. The third-order valence-electron chi connectivity index (χ3n) is 5.54. The maximum absolute atomic E-state index is 13.5. The second kappa shape index (κ2) is 10.0. The molecule has 8 heteroatoms. The summed E-state index contributed by atoms with van der Waals surface area (Å²) in [6, 6.07) is 11.2. The van der Waals surface area contributed by atoms with Gasteiger partial charge in [-0.2, -0.15) is 0 Å². The topological polar surface area (TPSA) is 79.5 Å². The Balaban J connectivity index is 2.00. The molecule has 0 saturated heterocycles. The number of hydrogen-bond acceptors (Lipinski definition) is 4. The molecule has 1 unspecified atom stereocenters. The van der Waals surface area contributed by atoms with Crippen LogP contribution in [0.25, 0.3) is 0 Å². The van der Waals surface area contributed by atoms with Gasteiger partial charge in [-0.3, -0.25) is 9.59 Å². The molecule has 1 N–H and O–H groups in total. The summed E-state index contributed by atoms with van der Waals surface area (Å²) in [7, 11) is 1.26. The third kappa shape index (κ3) is 5.14. The van der Waals surface area contributed by atoms with Crippen LogP contribution in [0.4, 0.5) is 4.39 Å². The number of aryl methyl sites for hydroxylation is 1. The van der Waals surface area contributed by atoms with E-state index in [0.717, 1.165) is 0 Å². The predicted molar refractivity (Wildman–Crippen MR) is 123 cm³/mol. The molecule has 0 radical (unpaired) electrons. The Morgan fingerprint density at radius 3 is 2.24 bits per heavy atom. The smallest absolute Gasteiger partial charge is 0.354 e. The Labute approximate surface area is 196 Å². The van der Waals surface area contributed by atoms with Gasteiger partial charge in [-0.25, -0.2) is 9.18 Å². The van der Waals surface area contributed by atoms with E-state index < -0.39 is 17.8 Å². The van der Waals surface area contributed by atoms with Crippen LogP contribution in [0.5, 0.6) is 0 Å². The first-order valence-corrected chi connectivity index (χ1v) is 10.6. The van der Waals surface area contributed by atoms with Crippen molar-refractivity contribution in [3.8, 4) is 0 Å². The molecule has 0 saturated carbocycles. The van der Waals surface area contributed by atoms with Crippen molar-refractivity contribution < 1.29 is 23.5 Å². The Kier molecular flexibility index (Phi) is 7.33. The van der Waals surface area contributed by atoms with E-state index in [4.69, 9.17) is 16.3 Å². The fourth-order valence-corrected chi connectivity index (χ4v) is 3.83. The lowest BCUT2D eigenvalue weighted by molar-refractivity contribution is 0.0592. The maximum atomic E-state index is 13.5. The summed E-state index contributed by atoms with van der Waals surface area (Å²) in [5.41, 5.74) is 2.51. The molecule has 172 valence electrons. The van der Waals surface area contributed by atoms with Crippen LogP contribution >= 0.6 is 11.6 Å². The number of aromatic nitrogens is 1. The van der Waals surface area contributed by atoms with Crippen LogP contribution in [0.1, 0.15) is 54.9 Å². The Bertz CT molecular complexity index is 1190. The average Bonchev–Trinajstić information content (AvgIpc) is 3.11. The van der Waals surface area contributed by atoms with Crippen LogP contribution in [-0.2, 0) is 11.3 Å². The van der Waals surface area contributed by atoms with Crippen LogP contribution < -0.4 is 0 Å². The first kappa shape index (κ1) is 24.2. The van der Waals surface area contributed by atoms with Crippen LogP contribution in [-0.4, -0.2) is 40.7 Å². The lowest BCUT2D eigenvalue weighted by Crippen LogP contribution is -2.43. The van der Waals surface area contributed by atoms with Crippen molar-refractivity contribution >= 4 is 29.3 Å². The second-order valence-electron chi connectivity index (χ2n) is 7.72. The number of halogens is 2. The number of rotatable bonds is 7. The van der Waals surface area contributed by atoms with Gasteiger partial charge >= 0.3 is 5.97 Å². The van der Waals surface area contributed by atoms with Gasteiger partial charge in [0.05, 0.1) is 13.2 Å². The monoisotopic (exact) mass is 470 g/mol. The normalized spacial score (nSPS) is 11.7. The van der Waals surface area contributed by atoms with Crippen LogP contribution in [0, 0.1) is 19.7 Å². The summed E-state index contributed by atoms with van der Waals surface area (Å²) in [5.74, 6) is -1.69. The molecule has 1 aromatic heterocycles. The summed E-state index contributed by atoms with van der Waals surface area (Å²) < 4.78 is 18.2. The highest BCUT2D eigenvalue weighted by atomic mass is 35.5. The van der Waals surface area contributed by atoms with E-state index in [1.165, 1.54) is 24.1 Å². The molecule has 0 bridgehead atoms. The number of nitrogens with zero attached hydrogens (tertiary/aromatic N) is 1. The number of ketones is 1. The van der Waals surface area contributed by atoms with E-state index in [-0.39, 0.29) is 23.9 Å². The van der Waals surface area contributed by atoms with Gasteiger partial charge in [0.1, 0.15) is 11.5 Å². The highest BCUT2D eigenvalue weighted by molar-refractivity contribution is 6.30. The first-order chi connectivity index (χ1) is 15.6. The highest BCUT2D eigenvalue weighted by Crippen LogP contribution is 2.24. The standard InChI is InChI=1S/C25H24ClFN2O4/c1-14-21(15(2)28-22(14)25(32)33-4)23(30)16(3)29(13-17-5-11-20(27)12-6-17)24(31)18-7-9-19(26)10-8-18/h5-12,16,28H,13H2,1-4H3. The maximum Gasteiger partial charge on any atom is 0.354 e. The molecule has 2 aromatic carbocycles. The molecular weight excluding hydrogens is 447 g/mol. The first-order valence-electron chi connectivity index (χ1n) is 10.3. The van der Waals surface area contributed by atoms with Crippen molar-refractivity contribution in [1.82, 2.24) is 9.88 Å². The Morgan fingerprint density at radius 2 is 1.67 bits per heavy atom. The second-order valence-corrected chi connectivity index (χ2v) is 8.16. The van der Waals surface area contributed by atoms with E-state index in [0.29, 0.717) is 33.0 Å². The van der Waals surface area contributed by atoms with Crippen molar-refractivity contribution in [3.05, 3.63) is 93.0 Å². The number of esters is 1. The Hall–Kier alpha value is -3.45. The van der Waals surface area contributed by atoms with E-state index in [2.05, 4.69) is 4.98 Å². The number of amides is 1. The molecule has 33 heavy (non-hydrogen) atoms. The van der Waals surface area contributed by atoms with Gasteiger partial charge in [0, 0.05) is 28.4 Å².